The van der Waals surface area contributed by atoms with E-state index >= 15 is 0 Å². The van der Waals surface area contributed by atoms with E-state index in [9.17, 15) is 13.6 Å². The van der Waals surface area contributed by atoms with Crippen LogP contribution < -0.4 is 11.1 Å². The van der Waals surface area contributed by atoms with E-state index in [-0.39, 0.29) is 17.3 Å². The monoisotopic (exact) mass is 311 g/mol. The lowest BCUT2D eigenvalue weighted by atomic mass is 10.1. The zero-order chi connectivity index (χ0) is 15.6. The number of nitrogens with one attached hydrogen (secondary N) is 1. The molecule has 0 aliphatic heterocycles. The summed E-state index contributed by atoms with van der Waals surface area (Å²) in [5, 5.41) is 4.82. The van der Waals surface area contributed by atoms with E-state index in [0.717, 1.165) is 18.2 Å². The lowest BCUT2D eigenvalue weighted by Gasteiger charge is -2.14. The molecule has 0 bridgehead atoms. The van der Waals surface area contributed by atoms with Crippen molar-refractivity contribution in [3.8, 4) is 0 Å². The van der Waals surface area contributed by atoms with E-state index < -0.39 is 23.6 Å². The maximum Gasteiger partial charge on any atom is 0.271 e. The Hall–Kier alpha value is -1.86. The molecule has 1 aromatic carbocycles. The van der Waals surface area contributed by atoms with Gasteiger partial charge in [0.2, 0.25) is 0 Å². The highest BCUT2D eigenvalue weighted by Crippen LogP contribution is 2.20. The number of aromatic nitrogens is 1. The number of rotatable bonds is 4. The molecule has 0 radical (unpaired) electrons. The smallest absolute Gasteiger partial charge is 0.271 e. The Kier molecular flexibility index (Phi) is 4.64. The molecule has 112 valence electrons. The molecule has 2 atom stereocenters. The third kappa shape index (κ3) is 3.62. The lowest BCUT2D eigenvalue weighted by molar-refractivity contribution is 0.0934. The van der Waals surface area contributed by atoms with Crippen molar-refractivity contribution in [3.05, 3.63) is 51.5 Å². The van der Waals surface area contributed by atoms with E-state index in [1.54, 1.807) is 19.2 Å². The molecule has 7 heteroatoms. The van der Waals surface area contributed by atoms with Crippen LogP contribution in [-0.4, -0.2) is 10.9 Å². The summed E-state index contributed by atoms with van der Waals surface area (Å²) in [5.41, 5.74) is 5.99. The van der Waals surface area contributed by atoms with Crippen molar-refractivity contribution in [2.24, 2.45) is 5.73 Å². The van der Waals surface area contributed by atoms with E-state index in [4.69, 9.17) is 5.73 Å². The molecule has 21 heavy (non-hydrogen) atoms. The molecule has 4 nitrogen and oxygen atoms in total. The highest BCUT2D eigenvalue weighted by molar-refractivity contribution is 7.09. The van der Waals surface area contributed by atoms with Crippen LogP contribution in [0.3, 0.4) is 0 Å². The summed E-state index contributed by atoms with van der Waals surface area (Å²) in [5.74, 6) is -1.58. The van der Waals surface area contributed by atoms with Gasteiger partial charge in [-0.15, -0.1) is 11.3 Å². The quantitative estimate of drug-likeness (QED) is 0.912. The molecule has 0 aliphatic carbocycles. The first-order valence-corrected chi connectivity index (χ1v) is 7.23. The minimum Gasteiger partial charge on any atom is -0.344 e. The molecule has 2 unspecified atom stereocenters. The average molecular weight is 311 g/mol. The second-order valence-electron chi connectivity index (χ2n) is 4.72. The summed E-state index contributed by atoms with van der Waals surface area (Å²) in [6.07, 6.45) is 0. The van der Waals surface area contributed by atoms with Gasteiger partial charge in [0.1, 0.15) is 22.3 Å². The maximum atomic E-state index is 13.6. The van der Waals surface area contributed by atoms with Gasteiger partial charge in [-0.3, -0.25) is 4.79 Å². The fraction of sp³-hybridized carbons (Fsp3) is 0.286. The van der Waals surface area contributed by atoms with Crippen LogP contribution in [0.1, 0.15) is 47.0 Å². The minimum absolute atomic E-state index is 0.0889. The Morgan fingerprint density at radius 3 is 2.71 bits per heavy atom. The number of amides is 1. The zero-order valence-corrected chi connectivity index (χ0v) is 12.4. The topological polar surface area (TPSA) is 68.0 Å². The summed E-state index contributed by atoms with van der Waals surface area (Å²) < 4.78 is 26.8. The van der Waals surface area contributed by atoms with Crippen molar-refractivity contribution in [2.45, 2.75) is 25.9 Å². The third-order valence-corrected chi connectivity index (χ3v) is 3.96. The summed E-state index contributed by atoms with van der Waals surface area (Å²) in [6, 6.07) is 2.20. The number of carbonyl (C=O) groups excluding carboxylic acids is 1. The van der Waals surface area contributed by atoms with Crippen molar-refractivity contribution in [1.29, 1.82) is 0 Å². The van der Waals surface area contributed by atoms with Crippen molar-refractivity contribution >= 4 is 17.2 Å². The SMILES string of the molecule is CC(N)c1nc(C(=O)NC(C)c2cc(F)ccc2F)cs1. The molecular weight excluding hydrogens is 296 g/mol. The van der Waals surface area contributed by atoms with Crippen LogP contribution in [0.5, 0.6) is 0 Å². The first-order chi connectivity index (χ1) is 9.88. The van der Waals surface area contributed by atoms with Crippen LogP contribution in [0, 0.1) is 11.6 Å². The Bertz CT molecular complexity index is 657. The second-order valence-corrected chi connectivity index (χ2v) is 5.61. The van der Waals surface area contributed by atoms with Crippen LogP contribution >= 0.6 is 11.3 Å². The van der Waals surface area contributed by atoms with Gasteiger partial charge in [0.05, 0.1) is 12.1 Å². The summed E-state index contributed by atoms with van der Waals surface area (Å²) in [6.45, 7) is 3.35. The number of thiazole rings is 1. The summed E-state index contributed by atoms with van der Waals surface area (Å²) in [4.78, 5) is 16.1. The molecule has 3 N–H and O–H groups in total. The van der Waals surface area contributed by atoms with Gasteiger partial charge in [-0.2, -0.15) is 0 Å². The second kappa shape index (κ2) is 6.28. The molecule has 2 rings (SSSR count). The summed E-state index contributed by atoms with van der Waals surface area (Å²) in [7, 11) is 0. The predicted octanol–water partition coefficient (Wildman–Crippen LogP) is 2.93. The van der Waals surface area contributed by atoms with Gasteiger partial charge in [-0.05, 0) is 32.0 Å². The van der Waals surface area contributed by atoms with Crippen molar-refractivity contribution in [2.75, 3.05) is 0 Å². The minimum atomic E-state index is -0.673. The van der Waals surface area contributed by atoms with Crippen LogP contribution in [0.25, 0.3) is 0 Å². The van der Waals surface area contributed by atoms with Gasteiger partial charge in [0.15, 0.2) is 0 Å². The number of halogens is 2. The normalized spacial score (nSPS) is 13.8. The summed E-state index contributed by atoms with van der Waals surface area (Å²) >= 11 is 1.28. The number of nitrogens with two attached hydrogens (primary N) is 1. The van der Waals surface area contributed by atoms with Crippen LogP contribution in [0.4, 0.5) is 8.78 Å². The largest absolute Gasteiger partial charge is 0.344 e. The van der Waals surface area contributed by atoms with Gasteiger partial charge in [0, 0.05) is 10.9 Å². The van der Waals surface area contributed by atoms with Crippen LogP contribution in [0.15, 0.2) is 23.6 Å². The molecule has 0 fully saturated rings. The molecule has 1 amide bonds. The number of hydrogen-bond acceptors (Lipinski definition) is 4. The van der Waals surface area contributed by atoms with Gasteiger partial charge < -0.3 is 11.1 Å². The molecule has 2 aromatic rings. The lowest BCUT2D eigenvalue weighted by Crippen LogP contribution is -2.27. The highest BCUT2D eigenvalue weighted by Gasteiger charge is 2.18. The number of nitrogens with zero attached hydrogens (tertiary/aromatic N) is 1. The van der Waals surface area contributed by atoms with Gasteiger partial charge in [0.25, 0.3) is 5.91 Å². The van der Waals surface area contributed by atoms with Gasteiger partial charge >= 0.3 is 0 Å². The Morgan fingerprint density at radius 2 is 2.10 bits per heavy atom. The molecule has 0 aliphatic rings. The van der Waals surface area contributed by atoms with Crippen molar-refractivity contribution < 1.29 is 13.6 Å². The van der Waals surface area contributed by atoms with E-state index in [1.165, 1.54) is 11.3 Å². The first kappa shape index (κ1) is 15.5. The standard InChI is InChI=1S/C14H15F2N3OS/c1-7(17)14-19-12(6-21-14)13(20)18-8(2)10-5-9(15)3-4-11(10)16/h3-8H,17H2,1-2H3,(H,18,20). The molecule has 0 spiro atoms. The number of carbonyl (C=O) groups is 1. The van der Waals surface area contributed by atoms with E-state index in [1.807, 2.05) is 0 Å². The van der Waals surface area contributed by atoms with Gasteiger partial charge in [-0.25, -0.2) is 13.8 Å². The third-order valence-electron chi connectivity index (χ3n) is 2.92. The molecule has 1 heterocycles. The maximum absolute atomic E-state index is 13.6. The zero-order valence-electron chi connectivity index (χ0n) is 11.6. The fourth-order valence-electron chi connectivity index (χ4n) is 1.80. The fourth-order valence-corrected chi connectivity index (χ4v) is 2.55. The Morgan fingerprint density at radius 1 is 1.38 bits per heavy atom. The molecule has 0 saturated heterocycles. The predicted molar refractivity (Wildman–Crippen MR) is 77.0 cm³/mol. The van der Waals surface area contributed by atoms with E-state index in [2.05, 4.69) is 10.3 Å². The van der Waals surface area contributed by atoms with Gasteiger partial charge in [-0.1, -0.05) is 0 Å². The highest BCUT2D eigenvalue weighted by atomic mass is 32.1. The molecular formula is C14H15F2N3OS. The van der Waals surface area contributed by atoms with E-state index in [0.29, 0.717) is 5.01 Å². The van der Waals surface area contributed by atoms with Crippen molar-refractivity contribution in [1.82, 2.24) is 10.3 Å². The average Bonchev–Trinajstić information content (AvgIpc) is 2.91. The Labute approximate surface area is 125 Å². The first-order valence-electron chi connectivity index (χ1n) is 6.35. The molecule has 1 aromatic heterocycles. The van der Waals surface area contributed by atoms with Crippen molar-refractivity contribution in [3.63, 3.8) is 0 Å². The number of benzene rings is 1. The van der Waals surface area contributed by atoms with Crippen LogP contribution in [0.2, 0.25) is 0 Å². The number of hydrogen-bond donors (Lipinski definition) is 2. The molecule has 0 saturated carbocycles. The van der Waals surface area contributed by atoms with Crippen LogP contribution in [-0.2, 0) is 0 Å². The Balaban J connectivity index is 2.12.